The molecule has 1 aliphatic carbocycles. The van der Waals surface area contributed by atoms with Crippen molar-refractivity contribution in [3.05, 3.63) is 17.5 Å². The highest BCUT2D eigenvalue weighted by Gasteiger charge is 2.40. The largest absolute Gasteiger partial charge is 0.342 e. The summed E-state index contributed by atoms with van der Waals surface area (Å²) in [5, 5.41) is 7.47. The van der Waals surface area contributed by atoms with Gasteiger partial charge in [0.05, 0.1) is 5.69 Å². The molecule has 1 N–H and O–H groups in total. The number of nitrogens with one attached hydrogen (secondary N) is 1. The Morgan fingerprint density at radius 3 is 2.57 bits per heavy atom. The monoisotopic (exact) mass is 291 g/mol. The molecule has 2 rings (SSSR count). The van der Waals surface area contributed by atoms with Crippen LogP contribution in [0.4, 0.5) is 4.79 Å². The topological polar surface area (TPSA) is 46.9 Å². The van der Waals surface area contributed by atoms with Gasteiger partial charge in [-0.2, -0.15) is 9.78 Å². The van der Waals surface area contributed by atoms with Gasteiger partial charge in [0.1, 0.15) is 0 Å². The fourth-order valence-corrected chi connectivity index (χ4v) is 4.08. The van der Waals surface area contributed by atoms with Gasteiger partial charge in [-0.1, -0.05) is 34.1 Å². The predicted octanol–water partition coefficient (Wildman–Crippen LogP) is 4.05. The maximum Gasteiger partial charge on any atom is 0.342 e. The lowest BCUT2D eigenvalue weighted by atomic mass is 9.62. The Balaban J connectivity index is 2.11. The number of aromatic nitrogens is 2. The molecular formula is C17H29N3O. The van der Waals surface area contributed by atoms with E-state index in [1.165, 1.54) is 11.1 Å². The molecule has 1 heterocycles. The first-order valence-electron chi connectivity index (χ1n) is 7.98. The van der Waals surface area contributed by atoms with Crippen molar-refractivity contribution in [2.45, 2.75) is 73.3 Å². The zero-order valence-corrected chi connectivity index (χ0v) is 14.3. The number of hydrogen-bond donors (Lipinski definition) is 1. The quantitative estimate of drug-likeness (QED) is 0.893. The maximum absolute atomic E-state index is 12.4. The van der Waals surface area contributed by atoms with Crippen LogP contribution in [0.5, 0.6) is 0 Å². The lowest BCUT2D eigenvalue weighted by Gasteiger charge is -2.46. The van der Waals surface area contributed by atoms with Gasteiger partial charge in [0, 0.05) is 11.7 Å². The summed E-state index contributed by atoms with van der Waals surface area (Å²) < 4.78 is 1.49. The average molecular weight is 291 g/mol. The Labute approximate surface area is 128 Å². The summed E-state index contributed by atoms with van der Waals surface area (Å²) in [6, 6.07) is 2.07. The molecule has 21 heavy (non-hydrogen) atoms. The van der Waals surface area contributed by atoms with Crippen molar-refractivity contribution in [3.8, 4) is 0 Å². The van der Waals surface area contributed by atoms with Gasteiger partial charge in [-0.3, -0.25) is 0 Å². The Kier molecular flexibility index (Phi) is 4.18. The summed E-state index contributed by atoms with van der Waals surface area (Å²) in [5.41, 5.74) is 2.36. The molecular weight excluding hydrogens is 262 g/mol. The molecule has 1 amide bonds. The number of carbonyl (C=O) groups is 1. The van der Waals surface area contributed by atoms with Crippen LogP contribution in [0.25, 0.3) is 0 Å². The Hall–Kier alpha value is -1.32. The van der Waals surface area contributed by atoms with Crippen molar-refractivity contribution >= 4 is 6.03 Å². The van der Waals surface area contributed by atoms with E-state index in [0.717, 1.165) is 30.7 Å². The lowest BCUT2D eigenvalue weighted by molar-refractivity contribution is 0.0707. The second kappa shape index (κ2) is 5.47. The SMILES string of the molecule is CCC1(C)CC(NC(=O)n2nc(C)cc2C)CC(C)(C)C1. The molecule has 0 aliphatic heterocycles. The average Bonchev–Trinajstić information content (AvgIpc) is 2.66. The molecule has 1 saturated carbocycles. The summed E-state index contributed by atoms with van der Waals surface area (Å²) in [6.07, 6.45) is 4.47. The van der Waals surface area contributed by atoms with E-state index in [0.29, 0.717) is 5.41 Å². The van der Waals surface area contributed by atoms with Crippen LogP contribution in [0.3, 0.4) is 0 Å². The van der Waals surface area contributed by atoms with Gasteiger partial charge in [-0.25, -0.2) is 4.79 Å². The van der Waals surface area contributed by atoms with Crippen LogP contribution in [-0.4, -0.2) is 21.9 Å². The first kappa shape index (κ1) is 16.1. The standard InChI is InChI=1S/C17H29N3O/c1-7-17(6)10-14(9-16(4,5)11-17)18-15(21)20-13(3)8-12(2)19-20/h8,14H,7,9-11H2,1-6H3,(H,18,21). The molecule has 0 radical (unpaired) electrons. The number of carbonyl (C=O) groups excluding carboxylic acids is 1. The molecule has 0 bridgehead atoms. The molecule has 1 aromatic heterocycles. The smallest absolute Gasteiger partial charge is 0.333 e. The van der Waals surface area contributed by atoms with E-state index in [2.05, 4.69) is 38.1 Å². The molecule has 4 heteroatoms. The minimum atomic E-state index is -0.0956. The van der Waals surface area contributed by atoms with E-state index >= 15 is 0 Å². The van der Waals surface area contributed by atoms with Crippen molar-refractivity contribution in [1.82, 2.24) is 15.1 Å². The second-order valence-electron chi connectivity index (χ2n) is 7.90. The molecule has 2 atom stereocenters. The van der Waals surface area contributed by atoms with Crippen LogP contribution in [0.1, 0.15) is 64.8 Å². The van der Waals surface area contributed by atoms with Gasteiger partial charge in [0.2, 0.25) is 0 Å². The fourth-order valence-electron chi connectivity index (χ4n) is 4.08. The Bertz CT molecular complexity index is 532. The highest BCUT2D eigenvalue weighted by molar-refractivity contribution is 5.76. The normalized spacial score (nSPS) is 28.4. The van der Waals surface area contributed by atoms with Crippen molar-refractivity contribution in [3.63, 3.8) is 0 Å². The summed E-state index contributed by atoms with van der Waals surface area (Å²) in [6.45, 7) is 13.0. The number of amides is 1. The molecule has 0 aromatic carbocycles. The van der Waals surface area contributed by atoms with Crippen molar-refractivity contribution in [1.29, 1.82) is 0 Å². The second-order valence-corrected chi connectivity index (χ2v) is 7.90. The van der Waals surface area contributed by atoms with Gasteiger partial charge >= 0.3 is 6.03 Å². The molecule has 4 nitrogen and oxygen atoms in total. The number of hydrogen-bond acceptors (Lipinski definition) is 2. The summed E-state index contributed by atoms with van der Waals surface area (Å²) >= 11 is 0. The maximum atomic E-state index is 12.4. The number of aryl methyl sites for hydroxylation is 2. The van der Waals surface area contributed by atoms with Gasteiger partial charge in [-0.05, 0) is 50.0 Å². The van der Waals surface area contributed by atoms with E-state index in [-0.39, 0.29) is 17.5 Å². The van der Waals surface area contributed by atoms with E-state index in [1.807, 2.05) is 19.9 Å². The third kappa shape index (κ3) is 3.66. The highest BCUT2D eigenvalue weighted by Crippen LogP contribution is 2.47. The first-order chi connectivity index (χ1) is 9.64. The highest BCUT2D eigenvalue weighted by atomic mass is 16.2. The van der Waals surface area contributed by atoms with Gasteiger partial charge in [0.25, 0.3) is 0 Å². The van der Waals surface area contributed by atoms with E-state index in [1.54, 1.807) is 0 Å². The predicted molar refractivity (Wildman–Crippen MR) is 85.4 cm³/mol. The zero-order chi connectivity index (χ0) is 15.8. The summed E-state index contributed by atoms with van der Waals surface area (Å²) in [5.74, 6) is 0. The third-order valence-corrected chi connectivity index (χ3v) is 4.83. The van der Waals surface area contributed by atoms with Crippen molar-refractivity contribution in [2.75, 3.05) is 0 Å². The van der Waals surface area contributed by atoms with Crippen LogP contribution < -0.4 is 5.32 Å². The van der Waals surface area contributed by atoms with Crippen LogP contribution in [0.15, 0.2) is 6.07 Å². The first-order valence-corrected chi connectivity index (χ1v) is 7.98. The lowest BCUT2D eigenvalue weighted by Crippen LogP contribution is -2.48. The van der Waals surface area contributed by atoms with Crippen LogP contribution >= 0.6 is 0 Å². The molecule has 1 aromatic rings. The van der Waals surface area contributed by atoms with Crippen LogP contribution in [0.2, 0.25) is 0 Å². The fraction of sp³-hybridized carbons (Fsp3) is 0.765. The van der Waals surface area contributed by atoms with E-state index in [9.17, 15) is 4.79 Å². The number of rotatable bonds is 2. The minimum absolute atomic E-state index is 0.0956. The van der Waals surface area contributed by atoms with Gasteiger partial charge in [-0.15, -0.1) is 0 Å². The van der Waals surface area contributed by atoms with E-state index < -0.39 is 0 Å². The molecule has 1 fully saturated rings. The minimum Gasteiger partial charge on any atom is -0.333 e. The Morgan fingerprint density at radius 1 is 1.38 bits per heavy atom. The van der Waals surface area contributed by atoms with Gasteiger partial charge in [0.15, 0.2) is 0 Å². The van der Waals surface area contributed by atoms with Crippen molar-refractivity contribution < 1.29 is 4.79 Å². The Morgan fingerprint density at radius 2 is 2.05 bits per heavy atom. The van der Waals surface area contributed by atoms with Gasteiger partial charge < -0.3 is 5.32 Å². The molecule has 118 valence electrons. The molecule has 1 aliphatic rings. The zero-order valence-electron chi connectivity index (χ0n) is 14.3. The van der Waals surface area contributed by atoms with E-state index in [4.69, 9.17) is 0 Å². The number of nitrogens with zero attached hydrogens (tertiary/aromatic N) is 2. The van der Waals surface area contributed by atoms with Crippen molar-refractivity contribution in [2.24, 2.45) is 10.8 Å². The molecule has 0 spiro atoms. The van der Waals surface area contributed by atoms with Crippen LogP contribution in [-0.2, 0) is 0 Å². The molecule has 2 unspecified atom stereocenters. The summed E-state index contributed by atoms with van der Waals surface area (Å²) in [4.78, 5) is 12.4. The van der Waals surface area contributed by atoms with Crippen LogP contribution in [0, 0.1) is 24.7 Å². The third-order valence-electron chi connectivity index (χ3n) is 4.83. The summed E-state index contributed by atoms with van der Waals surface area (Å²) in [7, 11) is 0. The molecule has 0 saturated heterocycles.